The highest BCUT2D eigenvalue weighted by Gasteiger charge is 2.53. The molecule has 0 saturated carbocycles. The van der Waals surface area contributed by atoms with Gasteiger partial charge in [0.15, 0.2) is 18.9 Å². The van der Waals surface area contributed by atoms with E-state index in [2.05, 4.69) is 24.4 Å². The number of ether oxygens (including phenoxy) is 6. The molecule has 19 nitrogen and oxygen atoms in total. The van der Waals surface area contributed by atoms with Crippen LogP contribution in [-0.2, 0) is 33.2 Å². The van der Waals surface area contributed by atoms with Crippen LogP contribution in [0.2, 0.25) is 0 Å². The highest BCUT2D eigenvalue weighted by Crippen LogP contribution is 2.33. The number of rotatable bonds is 30. The van der Waals surface area contributed by atoms with E-state index in [4.69, 9.17) is 28.4 Å². The van der Waals surface area contributed by atoms with E-state index in [0.29, 0.717) is 12.8 Å². The number of hydrogen-bond acceptors (Lipinski definition) is 18. The average Bonchev–Trinajstić information content (AvgIpc) is 3.28. The summed E-state index contributed by atoms with van der Waals surface area (Å²) in [5, 5.41) is 119. The van der Waals surface area contributed by atoms with E-state index < -0.39 is 124 Å². The van der Waals surface area contributed by atoms with Gasteiger partial charge in [-0.2, -0.15) is 0 Å². The fourth-order valence-electron chi connectivity index (χ4n) is 7.76. The number of amides is 1. The minimum Gasteiger partial charge on any atom is -0.394 e. The zero-order chi connectivity index (χ0) is 46.3. The van der Waals surface area contributed by atoms with E-state index in [0.717, 1.165) is 51.4 Å². The first-order chi connectivity index (χ1) is 30.3. The Bertz CT molecular complexity index is 1280. The molecule has 3 aliphatic heterocycles. The average molecular weight is 910 g/mol. The lowest BCUT2D eigenvalue weighted by molar-refractivity contribution is -0.379. The number of allylic oxidation sites excluding steroid dienone is 3. The fraction of sp³-hybridized carbons (Fsp3) is 0.886. The third-order valence-corrected chi connectivity index (χ3v) is 11.7. The largest absolute Gasteiger partial charge is 0.394 e. The Balaban J connectivity index is 1.53. The Hall–Kier alpha value is -1.73. The number of nitrogens with one attached hydrogen (secondary N) is 1. The summed E-state index contributed by atoms with van der Waals surface area (Å²) in [5.74, 6) is -0.298. The maximum absolute atomic E-state index is 13.0. The Morgan fingerprint density at radius 2 is 1.02 bits per heavy atom. The number of carbonyl (C=O) groups is 1. The van der Waals surface area contributed by atoms with Gasteiger partial charge in [0.25, 0.3) is 0 Å². The van der Waals surface area contributed by atoms with Crippen molar-refractivity contribution >= 4 is 5.91 Å². The van der Waals surface area contributed by atoms with Gasteiger partial charge in [-0.05, 0) is 38.5 Å². The molecule has 17 atom stereocenters. The van der Waals surface area contributed by atoms with Gasteiger partial charge < -0.3 is 89.9 Å². The second-order valence-corrected chi connectivity index (χ2v) is 16.9. The lowest BCUT2D eigenvalue weighted by Crippen LogP contribution is -2.66. The Kier molecular flexibility index (Phi) is 26.9. The number of carbonyl (C=O) groups excluding carboxylic acids is 1. The summed E-state index contributed by atoms with van der Waals surface area (Å²) < 4.78 is 33.8. The van der Waals surface area contributed by atoms with E-state index in [1.165, 1.54) is 32.1 Å². The van der Waals surface area contributed by atoms with E-state index in [9.17, 15) is 61.0 Å². The summed E-state index contributed by atoms with van der Waals surface area (Å²) in [6.07, 6.45) is -2.84. The first-order valence-corrected chi connectivity index (χ1v) is 23.1. The van der Waals surface area contributed by atoms with Crippen LogP contribution in [0.5, 0.6) is 0 Å². The van der Waals surface area contributed by atoms with Gasteiger partial charge in [-0.1, -0.05) is 95.9 Å². The molecule has 3 heterocycles. The predicted octanol–water partition coefficient (Wildman–Crippen LogP) is -0.309. The van der Waals surface area contributed by atoms with Crippen molar-refractivity contribution in [2.45, 2.75) is 221 Å². The standard InChI is InChI=1S/C44H79NO18/c1-3-5-7-9-10-11-12-13-14-15-16-17-18-20-22-32(50)45-27(28(49)21-19-8-6-4-2)26-58-42-38(56)35(53)40(30(24-47)60-42)63-44-39(57)36(54)41(31(25-48)61-44)62-43-37(55)34(52)33(51)29(23-46)59-43/h12-13,19,21,27-31,33-44,46-49,51-57H,3-11,14-18,20,22-26H2,1-2H3,(H,45,50)/b13-12-,21-19+. The van der Waals surface area contributed by atoms with Crippen LogP contribution in [0.3, 0.4) is 0 Å². The monoisotopic (exact) mass is 910 g/mol. The predicted molar refractivity (Wildman–Crippen MR) is 226 cm³/mol. The van der Waals surface area contributed by atoms with Crippen molar-refractivity contribution in [3.05, 3.63) is 24.3 Å². The van der Waals surface area contributed by atoms with Gasteiger partial charge in [0.1, 0.15) is 73.2 Å². The lowest BCUT2D eigenvalue weighted by atomic mass is 9.96. The van der Waals surface area contributed by atoms with Crippen molar-refractivity contribution in [1.29, 1.82) is 0 Å². The minimum absolute atomic E-state index is 0.231. The molecule has 0 bridgehead atoms. The molecule has 0 aliphatic carbocycles. The normalized spacial score (nSPS) is 35.0. The molecule has 3 aliphatic rings. The van der Waals surface area contributed by atoms with Crippen molar-refractivity contribution in [1.82, 2.24) is 5.32 Å². The third-order valence-electron chi connectivity index (χ3n) is 11.7. The quantitative estimate of drug-likeness (QED) is 0.0325. The Morgan fingerprint density at radius 1 is 0.556 bits per heavy atom. The number of aliphatic hydroxyl groups is 11. The molecule has 3 saturated heterocycles. The van der Waals surface area contributed by atoms with E-state index in [-0.39, 0.29) is 18.9 Å². The first-order valence-electron chi connectivity index (χ1n) is 23.1. The van der Waals surface area contributed by atoms with Gasteiger partial charge in [0.05, 0.1) is 38.6 Å². The summed E-state index contributed by atoms with van der Waals surface area (Å²) in [6, 6.07) is -0.968. The SMILES string of the molecule is CCCC/C=C/C(O)C(COC1OC(CO)C(OC2OC(CO)C(OC3OC(CO)C(O)C(O)C3O)C(O)C2O)C(O)C1O)NC(=O)CCCCCCC/C=C\CCCCCCC. The van der Waals surface area contributed by atoms with E-state index in [1.54, 1.807) is 12.2 Å². The lowest BCUT2D eigenvalue weighted by Gasteiger charge is -2.48. The smallest absolute Gasteiger partial charge is 0.220 e. The topological polar surface area (TPSA) is 307 Å². The molecule has 63 heavy (non-hydrogen) atoms. The molecule has 0 aromatic rings. The molecule has 368 valence electrons. The van der Waals surface area contributed by atoms with E-state index >= 15 is 0 Å². The van der Waals surface area contributed by atoms with Crippen LogP contribution in [0, 0.1) is 0 Å². The van der Waals surface area contributed by atoms with Crippen molar-refractivity contribution in [2.24, 2.45) is 0 Å². The molecule has 0 radical (unpaired) electrons. The van der Waals surface area contributed by atoms with Crippen LogP contribution in [0.15, 0.2) is 24.3 Å². The zero-order valence-corrected chi connectivity index (χ0v) is 37.0. The van der Waals surface area contributed by atoms with Crippen LogP contribution >= 0.6 is 0 Å². The Morgan fingerprint density at radius 3 is 1.57 bits per heavy atom. The molecule has 3 rings (SSSR count). The minimum atomic E-state index is -1.97. The van der Waals surface area contributed by atoms with Gasteiger partial charge in [-0.3, -0.25) is 4.79 Å². The summed E-state index contributed by atoms with van der Waals surface area (Å²) in [7, 11) is 0. The van der Waals surface area contributed by atoms with Crippen LogP contribution in [-0.4, -0.2) is 193 Å². The Labute approximate surface area is 371 Å². The first kappa shape index (κ1) is 55.6. The van der Waals surface area contributed by atoms with Crippen molar-refractivity contribution in [2.75, 3.05) is 26.4 Å². The van der Waals surface area contributed by atoms with Crippen molar-refractivity contribution in [3.8, 4) is 0 Å². The molecule has 0 aromatic carbocycles. The summed E-state index contributed by atoms with van der Waals surface area (Å²) in [5.41, 5.74) is 0. The number of hydrogen-bond donors (Lipinski definition) is 12. The van der Waals surface area contributed by atoms with Crippen molar-refractivity contribution in [3.63, 3.8) is 0 Å². The summed E-state index contributed by atoms with van der Waals surface area (Å²) in [4.78, 5) is 13.0. The number of aliphatic hydroxyl groups excluding tert-OH is 11. The van der Waals surface area contributed by atoms with Gasteiger partial charge in [-0.25, -0.2) is 0 Å². The fourth-order valence-corrected chi connectivity index (χ4v) is 7.76. The highest BCUT2D eigenvalue weighted by atomic mass is 16.8. The maximum Gasteiger partial charge on any atom is 0.220 e. The summed E-state index contributed by atoms with van der Waals surface area (Å²) >= 11 is 0. The zero-order valence-electron chi connectivity index (χ0n) is 37.0. The molecule has 0 spiro atoms. The van der Waals surface area contributed by atoms with Gasteiger partial charge in [-0.15, -0.1) is 0 Å². The van der Waals surface area contributed by atoms with E-state index in [1.807, 2.05) is 6.92 Å². The molecule has 19 heteroatoms. The molecule has 3 fully saturated rings. The van der Waals surface area contributed by atoms with Crippen LogP contribution in [0.1, 0.15) is 117 Å². The van der Waals surface area contributed by atoms with Crippen LogP contribution in [0.4, 0.5) is 0 Å². The second kappa shape index (κ2) is 30.5. The molecule has 0 aromatic heterocycles. The van der Waals surface area contributed by atoms with Crippen LogP contribution < -0.4 is 5.32 Å². The number of unbranched alkanes of at least 4 members (excludes halogenated alkanes) is 12. The van der Waals surface area contributed by atoms with Gasteiger partial charge in [0.2, 0.25) is 5.91 Å². The van der Waals surface area contributed by atoms with Gasteiger partial charge >= 0.3 is 0 Å². The molecule has 1 amide bonds. The molecular formula is C44H79NO18. The van der Waals surface area contributed by atoms with Crippen molar-refractivity contribution < 1.29 is 89.4 Å². The highest BCUT2D eigenvalue weighted by molar-refractivity contribution is 5.76. The summed E-state index contributed by atoms with van der Waals surface area (Å²) in [6.45, 7) is 1.47. The van der Waals surface area contributed by atoms with Gasteiger partial charge in [0, 0.05) is 6.42 Å². The third kappa shape index (κ3) is 17.8. The molecular weight excluding hydrogens is 830 g/mol. The van der Waals surface area contributed by atoms with Crippen LogP contribution in [0.25, 0.3) is 0 Å². The second-order valence-electron chi connectivity index (χ2n) is 16.9. The molecule has 17 unspecified atom stereocenters. The molecule has 12 N–H and O–H groups in total. The maximum atomic E-state index is 13.0.